The van der Waals surface area contributed by atoms with Crippen LogP contribution in [0, 0.1) is 0 Å². The van der Waals surface area contributed by atoms with E-state index in [0.717, 1.165) is 5.56 Å². The van der Waals surface area contributed by atoms with Gasteiger partial charge in [-0.25, -0.2) is 0 Å². The quantitative estimate of drug-likeness (QED) is 0.834. The van der Waals surface area contributed by atoms with Crippen molar-refractivity contribution in [3.8, 4) is 0 Å². The molecule has 1 aromatic carbocycles. The summed E-state index contributed by atoms with van der Waals surface area (Å²) in [4.78, 5) is 25.3. The Bertz CT molecular complexity index is 602. The fourth-order valence-corrected chi connectivity index (χ4v) is 1.74. The molecule has 18 heavy (non-hydrogen) atoms. The van der Waals surface area contributed by atoms with Crippen molar-refractivity contribution in [2.24, 2.45) is 0 Å². The van der Waals surface area contributed by atoms with E-state index >= 15 is 0 Å². The van der Waals surface area contributed by atoms with Crippen LogP contribution in [0.1, 0.15) is 15.9 Å². The van der Waals surface area contributed by atoms with E-state index in [9.17, 15) is 9.59 Å². The molecular formula is C13H11ClN2O2. The molecule has 2 rings (SSSR count). The number of hydrogen-bond donors (Lipinski definition) is 2. The van der Waals surface area contributed by atoms with Crippen molar-refractivity contribution >= 4 is 23.2 Å². The van der Waals surface area contributed by atoms with Gasteiger partial charge in [-0.1, -0.05) is 18.2 Å². The third-order valence-electron chi connectivity index (χ3n) is 2.46. The Morgan fingerprint density at radius 1 is 1.22 bits per heavy atom. The lowest BCUT2D eigenvalue weighted by Crippen LogP contribution is -2.15. The third kappa shape index (κ3) is 2.78. The maximum atomic E-state index is 11.9. The second-order valence-electron chi connectivity index (χ2n) is 3.69. The van der Waals surface area contributed by atoms with Gasteiger partial charge in [0.2, 0.25) is 5.56 Å². The first-order chi connectivity index (χ1) is 8.70. The average Bonchev–Trinajstić information content (AvgIpc) is 2.40. The number of hydrogen-bond acceptors (Lipinski definition) is 2. The molecular weight excluding hydrogens is 252 g/mol. The SMILES string of the molecule is O=C(Nc1ccccc1CCl)c1ccc(=O)[nH]c1. The Morgan fingerprint density at radius 2 is 2.00 bits per heavy atom. The van der Waals surface area contributed by atoms with E-state index in [1.807, 2.05) is 18.2 Å². The highest BCUT2D eigenvalue weighted by atomic mass is 35.5. The summed E-state index contributed by atoms with van der Waals surface area (Å²) in [6.07, 6.45) is 1.38. The molecule has 0 bridgehead atoms. The van der Waals surface area contributed by atoms with Crippen molar-refractivity contribution < 1.29 is 4.79 Å². The number of amides is 1. The molecule has 0 atom stereocenters. The number of aromatic amines is 1. The molecule has 1 amide bonds. The molecule has 0 unspecified atom stereocenters. The smallest absolute Gasteiger partial charge is 0.257 e. The number of pyridine rings is 1. The zero-order chi connectivity index (χ0) is 13.0. The maximum absolute atomic E-state index is 11.9. The molecule has 1 aromatic heterocycles. The van der Waals surface area contributed by atoms with E-state index in [1.54, 1.807) is 6.07 Å². The molecule has 0 aliphatic rings. The summed E-state index contributed by atoms with van der Waals surface area (Å²) < 4.78 is 0. The molecule has 0 aliphatic carbocycles. The molecule has 92 valence electrons. The third-order valence-corrected chi connectivity index (χ3v) is 2.74. The van der Waals surface area contributed by atoms with Gasteiger partial charge in [0.15, 0.2) is 0 Å². The van der Waals surface area contributed by atoms with Crippen LogP contribution in [-0.2, 0) is 5.88 Å². The summed E-state index contributed by atoms with van der Waals surface area (Å²) in [5.74, 6) is 0.0334. The van der Waals surface area contributed by atoms with Crippen LogP contribution in [0.4, 0.5) is 5.69 Å². The minimum atomic E-state index is -0.288. The Labute approximate surface area is 109 Å². The zero-order valence-corrected chi connectivity index (χ0v) is 10.2. The van der Waals surface area contributed by atoms with Crippen molar-refractivity contribution in [2.45, 2.75) is 5.88 Å². The molecule has 5 heteroatoms. The number of nitrogens with one attached hydrogen (secondary N) is 2. The fraction of sp³-hybridized carbons (Fsp3) is 0.0769. The molecule has 0 saturated heterocycles. The monoisotopic (exact) mass is 262 g/mol. The minimum absolute atomic E-state index is 0.243. The second-order valence-corrected chi connectivity index (χ2v) is 3.95. The molecule has 0 aliphatic heterocycles. The Balaban J connectivity index is 2.21. The lowest BCUT2D eigenvalue weighted by atomic mass is 10.2. The molecule has 2 aromatic rings. The van der Waals surface area contributed by atoms with E-state index in [-0.39, 0.29) is 11.5 Å². The van der Waals surface area contributed by atoms with Crippen LogP contribution in [0.2, 0.25) is 0 Å². The van der Waals surface area contributed by atoms with Gasteiger partial charge >= 0.3 is 0 Å². The Morgan fingerprint density at radius 3 is 2.67 bits per heavy atom. The van der Waals surface area contributed by atoms with Crippen LogP contribution in [0.3, 0.4) is 0 Å². The number of alkyl halides is 1. The molecule has 0 spiro atoms. The summed E-state index contributed by atoms with van der Waals surface area (Å²) >= 11 is 5.78. The number of aromatic nitrogens is 1. The van der Waals surface area contributed by atoms with Crippen molar-refractivity contribution in [1.29, 1.82) is 0 Å². The number of carbonyl (C=O) groups is 1. The topological polar surface area (TPSA) is 62.0 Å². The number of para-hydroxylation sites is 1. The van der Waals surface area contributed by atoms with Crippen LogP contribution < -0.4 is 10.9 Å². The van der Waals surface area contributed by atoms with Gasteiger partial charge in [-0.15, -0.1) is 11.6 Å². The van der Waals surface area contributed by atoms with Crippen LogP contribution in [0.25, 0.3) is 0 Å². The van der Waals surface area contributed by atoms with Gasteiger partial charge in [-0.3, -0.25) is 9.59 Å². The van der Waals surface area contributed by atoms with Gasteiger partial charge in [0.25, 0.3) is 5.91 Å². The summed E-state index contributed by atoms with van der Waals surface area (Å²) in [6.45, 7) is 0. The number of carbonyl (C=O) groups excluding carboxylic acids is 1. The number of anilines is 1. The predicted molar refractivity (Wildman–Crippen MR) is 71.0 cm³/mol. The van der Waals surface area contributed by atoms with Gasteiger partial charge in [0.05, 0.1) is 5.56 Å². The fourth-order valence-electron chi connectivity index (χ4n) is 1.51. The zero-order valence-electron chi connectivity index (χ0n) is 9.44. The van der Waals surface area contributed by atoms with E-state index in [1.165, 1.54) is 18.3 Å². The van der Waals surface area contributed by atoms with Crippen LogP contribution in [0.15, 0.2) is 47.4 Å². The number of rotatable bonds is 3. The molecule has 0 saturated carbocycles. The van der Waals surface area contributed by atoms with Crippen LogP contribution >= 0.6 is 11.6 Å². The highest BCUT2D eigenvalue weighted by Gasteiger charge is 2.08. The minimum Gasteiger partial charge on any atom is -0.328 e. The van der Waals surface area contributed by atoms with E-state index in [2.05, 4.69) is 10.3 Å². The van der Waals surface area contributed by atoms with E-state index in [0.29, 0.717) is 17.1 Å². The Kier molecular flexibility index (Phi) is 3.79. The average molecular weight is 263 g/mol. The molecule has 0 fully saturated rings. The van der Waals surface area contributed by atoms with Crippen molar-refractivity contribution in [2.75, 3.05) is 5.32 Å². The summed E-state index contributed by atoms with van der Waals surface area (Å²) in [5.41, 5.74) is 1.66. The lowest BCUT2D eigenvalue weighted by Gasteiger charge is -2.08. The molecule has 0 radical (unpaired) electrons. The summed E-state index contributed by atoms with van der Waals surface area (Å²) in [5, 5.41) is 2.75. The number of H-pyrrole nitrogens is 1. The van der Waals surface area contributed by atoms with Crippen molar-refractivity contribution in [3.63, 3.8) is 0 Å². The highest BCUT2D eigenvalue weighted by molar-refractivity contribution is 6.17. The molecule has 2 N–H and O–H groups in total. The molecule has 4 nitrogen and oxygen atoms in total. The second kappa shape index (κ2) is 5.51. The van der Waals surface area contributed by atoms with Crippen LogP contribution in [0.5, 0.6) is 0 Å². The Hall–Kier alpha value is -2.07. The summed E-state index contributed by atoms with van der Waals surface area (Å²) in [6, 6.07) is 10.1. The predicted octanol–water partition coefficient (Wildman–Crippen LogP) is 2.37. The van der Waals surface area contributed by atoms with E-state index < -0.39 is 0 Å². The number of halogens is 1. The van der Waals surface area contributed by atoms with Gasteiger partial charge in [0, 0.05) is 23.8 Å². The highest BCUT2D eigenvalue weighted by Crippen LogP contribution is 2.17. The van der Waals surface area contributed by atoms with Gasteiger partial charge in [-0.2, -0.15) is 0 Å². The van der Waals surface area contributed by atoms with Gasteiger partial charge < -0.3 is 10.3 Å². The maximum Gasteiger partial charge on any atom is 0.257 e. The van der Waals surface area contributed by atoms with Crippen LogP contribution in [-0.4, -0.2) is 10.9 Å². The molecule has 1 heterocycles. The van der Waals surface area contributed by atoms with Crippen molar-refractivity contribution in [3.05, 3.63) is 64.1 Å². The first-order valence-corrected chi connectivity index (χ1v) is 5.88. The van der Waals surface area contributed by atoms with Gasteiger partial charge in [0.1, 0.15) is 0 Å². The van der Waals surface area contributed by atoms with Crippen molar-refractivity contribution in [1.82, 2.24) is 4.98 Å². The largest absolute Gasteiger partial charge is 0.328 e. The summed E-state index contributed by atoms with van der Waals surface area (Å²) in [7, 11) is 0. The van der Waals surface area contributed by atoms with E-state index in [4.69, 9.17) is 11.6 Å². The normalized spacial score (nSPS) is 10.1. The number of benzene rings is 1. The van der Waals surface area contributed by atoms with Gasteiger partial charge in [-0.05, 0) is 17.7 Å². The standard InChI is InChI=1S/C13H11ClN2O2/c14-7-9-3-1-2-4-11(9)16-13(18)10-5-6-12(17)15-8-10/h1-6,8H,7H2,(H,15,17)(H,16,18). The first kappa shape index (κ1) is 12.4. The first-order valence-electron chi connectivity index (χ1n) is 5.34. The lowest BCUT2D eigenvalue weighted by molar-refractivity contribution is 0.102.